The third-order valence-electron chi connectivity index (χ3n) is 3.10. The van der Waals surface area contributed by atoms with Crippen molar-refractivity contribution >= 4 is 23.1 Å². The average molecular weight is 257 g/mol. The van der Waals surface area contributed by atoms with Crippen molar-refractivity contribution in [2.75, 3.05) is 32.7 Å². The highest BCUT2D eigenvalue weighted by Gasteiger charge is 2.26. The SMILES string of the molecule is CC(C)CN1CCN(C(=O)C(C)C(N)=S)CC1. The van der Waals surface area contributed by atoms with Crippen LogP contribution in [0.15, 0.2) is 0 Å². The summed E-state index contributed by atoms with van der Waals surface area (Å²) in [4.78, 5) is 16.6. The summed E-state index contributed by atoms with van der Waals surface area (Å²) in [5.74, 6) is 0.413. The fourth-order valence-corrected chi connectivity index (χ4v) is 2.16. The molecule has 4 nitrogen and oxygen atoms in total. The van der Waals surface area contributed by atoms with E-state index in [0.29, 0.717) is 10.9 Å². The zero-order valence-corrected chi connectivity index (χ0v) is 11.8. The van der Waals surface area contributed by atoms with Gasteiger partial charge in [-0.1, -0.05) is 26.1 Å². The summed E-state index contributed by atoms with van der Waals surface area (Å²) in [5.41, 5.74) is 5.51. The molecule has 1 atom stereocenters. The summed E-state index contributed by atoms with van der Waals surface area (Å²) in [6.45, 7) is 10.8. The Morgan fingerprint density at radius 1 is 1.24 bits per heavy atom. The number of piperazine rings is 1. The zero-order chi connectivity index (χ0) is 13.0. The maximum absolute atomic E-state index is 12.0. The molecule has 5 heteroatoms. The molecule has 0 aromatic rings. The van der Waals surface area contributed by atoms with Crippen molar-refractivity contribution < 1.29 is 4.79 Å². The summed E-state index contributed by atoms with van der Waals surface area (Å²) in [7, 11) is 0. The largest absolute Gasteiger partial charge is 0.393 e. The molecule has 17 heavy (non-hydrogen) atoms. The molecule has 0 bridgehead atoms. The van der Waals surface area contributed by atoms with Crippen molar-refractivity contribution in [1.29, 1.82) is 0 Å². The molecule has 1 aliphatic rings. The van der Waals surface area contributed by atoms with Gasteiger partial charge in [0.1, 0.15) is 0 Å². The first kappa shape index (κ1) is 14.4. The summed E-state index contributed by atoms with van der Waals surface area (Å²) in [5, 5.41) is 0. The monoisotopic (exact) mass is 257 g/mol. The molecule has 1 saturated heterocycles. The lowest BCUT2D eigenvalue weighted by Crippen LogP contribution is -2.51. The number of rotatable bonds is 4. The molecule has 0 spiro atoms. The molecule has 0 radical (unpaired) electrons. The first-order valence-electron chi connectivity index (χ1n) is 6.22. The van der Waals surface area contributed by atoms with E-state index in [0.717, 1.165) is 32.7 Å². The zero-order valence-electron chi connectivity index (χ0n) is 11.0. The number of nitrogens with zero attached hydrogens (tertiary/aromatic N) is 2. The van der Waals surface area contributed by atoms with E-state index >= 15 is 0 Å². The third-order valence-corrected chi connectivity index (χ3v) is 3.46. The molecular weight excluding hydrogens is 234 g/mol. The Kier molecular flexibility index (Phi) is 5.33. The van der Waals surface area contributed by atoms with Crippen molar-refractivity contribution in [2.45, 2.75) is 20.8 Å². The van der Waals surface area contributed by atoms with Gasteiger partial charge in [0.25, 0.3) is 0 Å². The maximum Gasteiger partial charge on any atom is 0.232 e. The Morgan fingerprint density at radius 3 is 2.18 bits per heavy atom. The van der Waals surface area contributed by atoms with Gasteiger partial charge in [0.15, 0.2) is 0 Å². The number of hydrogen-bond donors (Lipinski definition) is 1. The molecule has 98 valence electrons. The van der Waals surface area contributed by atoms with Crippen LogP contribution in [0.2, 0.25) is 0 Å². The second-order valence-electron chi connectivity index (χ2n) is 5.14. The predicted molar refractivity (Wildman–Crippen MR) is 73.8 cm³/mol. The molecule has 1 fully saturated rings. The number of carbonyl (C=O) groups excluding carboxylic acids is 1. The van der Waals surface area contributed by atoms with Crippen molar-refractivity contribution in [1.82, 2.24) is 9.80 Å². The van der Waals surface area contributed by atoms with Gasteiger partial charge in [-0.3, -0.25) is 9.69 Å². The summed E-state index contributed by atoms with van der Waals surface area (Å²) in [6.07, 6.45) is 0. The number of nitrogens with two attached hydrogens (primary N) is 1. The van der Waals surface area contributed by atoms with Crippen LogP contribution >= 0.6 is 12.2 Å². The van der Waals surface area contributed by atoms with Crippen molar-refractivity contribution in [3.8, 4) is 0 Å². The van der Waals surface area contributed by atoms with Gasteiger partial charge in [-0.25, -0.2) is 0 Å². The van der Waals surface area contributed by atoms with E-state index < -0.39 is 0 Å². The van der Waals surface area contributed by atoms with Crippen LogP contribution in [0, 0.1) is 11.8 Å². The van der Waals surface area contributed by atoms with E-state index in [1.165, 1.54) is 0 Å². The Morgan fingerprint density at radius 2 is 1.76 bits per heavy atom. The van der Waals surface area contributed by atoms with Gasteiger partial charge in [0.05, 0.1) is 10.9 Å². The normalized spacial score (nSPS) is 19.4. The standard InChI is InChI=1S/C12H23N3OS/c1-9(2)8-14-4-6-15(7-5-14)12(16)10(3)11(13)17/h9-10H,4-8H2,1-3H3,(H2,13,17). The van der Waals surface area contributed by atoms with Crippen LogP contribution in [0.1, 0.15) is 20.8 Å². The second kappa shape index (κ2) is 6.31. The van der Waals surface area contributed by atoms with Gasteiger partial charge < -0.3 is 10.6 Å². The van der Waals surface area contributed by atoms with Gasteiger partial charge in [-0.05, 0) is 12.8 Å². The molecule has 0 aliphatic carbocycles. The predicted octanol–water partition coefficient (Wildman–Crippen LogP) is 0.709. The first-order valence-corrected chi connectivity index (χ1v) is 6.63. The van der Waals surface area contributed by atoms with Crippen molar-refractivity contribution in [3.63, 3.8) is 0 Å². The van der Waals surface area contributed by atoms with Crippen LogP contribution in [0.3, 0.4) is 0 Å². The molecule has 1 amide bonds. The molecule has 0 aromatic heterocycles. The summed E-state index contributed by atoms with van der Waals surface area (Å²) < 4.78 is 0. The molecule has 1 unspecified atom stereocenters. The van der Waals surface area contributed by atoms with Crippen LogP contribution < -0.4 is 5.73 Å². The van der Waals surface area contributed by atoms with E-state index in [-0.39, 0.29) is 11.8 Å². The quantitative estimate of drug-likeness (QED) is 0.754. The Balaban J connectivity index is 2.41. The molecule has 1 heterocycles. The molecule has 1 rings (SSSR count). The Bertz CT molecular complexity index is 285. The number of amides is 1. The highest BCUT2D eigenvalue weighted by Crippen LogP contribution is 2.09. The number of thiocarbonyl (C=S) groups is 1. The van der Waals surface area contributed by atoms with Gasteiger partial charge >= 0.3 is 0 Å². The molecular formula is C12H23N3OS. The van der Waals surface area contributed by atoms with E-state index in [9.17, 15) is 4.79 Å². The molecule has 0 saturated carbocycles. The van der Waals surface area contributed by atoms with Gasteiger partial charge in [0, 0.05) is 32.7 Å². The van der Waals surface area contributed by atoms with Crippen LogP contribution in [-0.2, 0) is 4.79 Å². The highest BCUT2D eigenvalue weighted by atomic mass is 32.1. The number of hydrogen-bond acceptors (Lipinski definition) is 3. The second-order valence-corrected chi connectivity index (χ2v) is 5.62. The van der Waals surface area contributed by atoms with E-state index in [1.807, 2.05) is 4.90 Å². The van der Waals surface area contributed by atoms with Crippen LogP contribution in [0.5, 0.6) is 0 Å². The van der Waals surface area contributed by atoms with E-state index in [2.05, 4.69) is 18.7 Å². The van der Waals surface area contributed by atoms with Crippen LogP contribution in [0.4, 0.5) is 0 Å². The minimum absolute atomic E-state index is 0.0710. The molecule has 1 aliphatic heterocycles. The van der Waals surface area contributed by atoms with E-state index in [4.69, 9.17) is 18.0 Å². The van der Waals surface area contributed by atoms with Crippen molar-refractivity contribution in [3.05, 3.63) is 0 Å². The third kappa shape index (κ3) is 4.24. The fraction of sp³-hybridized carbons (Fsp3) is 0.833. The molecule has 0 aromatic carbocycles. The fourth-order valence-electron chi connectivity index (χ4n) is 2.06. The summed E-state index contributed by atoms with van der Waals surface area (Å²) >= 11 is 4.86. The minimum Gasteiger partial charge on any atom is -0.393 e. The lowest BCUT2D eigenvalue weighted by molar-refractivity contribution is -0.134. The van der Waals surface area contributed by atoms with Crippen LogP contribution in [0.25, 0.3) is 0 Å². The van der Waals surface area contributed by atoms with E-state index in [1.54, 1.807) is 6.92 Å². The van der Waals surface area contributed by atoms with Crippen LogP contribution in [-0.4, -0.2) is 53.4 Å². The maximum atomic E-state index is 12.0. The van der Waals surface area contributed by atoms with Crippen molar-refractivity contribution in [2.24, 2.45) is 17.6 Å². The molecule has 2 N–H and O–H groups in total. The first-order chi connectivity index (χ1) is 7.91. The highest BCUT2D eigenvalue weighted by molar-refractivity contribution is 7.80. The van der Waals surface area contributed by atoms with Gasteiger partial charge in [0.2, 0.25) is 5.91 Å². The lowest BCUT2D eigenvalue weighted by Gasteiger charge is -2.36. The van der Waals surface area contributed by atoms with Gasteiger partial charge in [-0.15, -0.1) is 0 Å². The average Bonchev–Trinajstić information content (AvgIpc) is 2.27. The summed E-state index contributed by atoms with van der Waals surface area (Å²) in [6, 6.07) is 0. The number of carbonyl (C=O) groups is 1. The Labute approximate surface area is 109 Å². The topological polar surface area (TPSA) is 49.6 Å². The smallest absolute Gasteiger partial charge is 0.232 e. The van der Waals surface area contributed by atoms with Gasteiger partial charge in [-0.2, -0.15) is 0 Å². The minimum atomic E-state index is -0.332. The Hall–Kier alpha value is -0.680. The lowest BCUT2D eigenvalue weighted by atomic mass is 10.1.